The molecule has 4 heterocycles. The Morgan fingerprint density at radius 3 is 2.76 bits per heavy atom. The molecule has 0 aromatic carbocycles. The summed E-state index contributed by atoms with van der Waals surface area (Å²) in [7, 11) is 1.70. The monoisotopic (exact) mass is 356 g/mol. The van der Waals surface area contributed by atoms with E-state index in [0.717, 1.165) is 36.4 Å². The normalized spacial score (nSPS) is 14.1. The van der Waals surface area contributed by atoms with E-state index in [2.05, 4.69) is 24.0 Å². The average Bonchev–Trinajstić information content (AvgIpc) is 3.13. The number of aromatic nitrogens is 3. The number of nitrogens with zero attached hydrogens (tertiary/aromatic N) is 4. The van der Waals surface area contributed by atoms with Gasteiger partial charge in [0.05, 0.1) is 5.52 Å². The van der Waals surface area contributed by atoms with E-state index in [-0.39, 0.29) is 18.1 Å². The van der Waals surface area contributed by atoms with E-state index in [0.29, 0.717) is 11.2 Å². The number of aryl methyl sites for hydroxylation is 2. The minimum Gasteiger partial charge on any atom is -0.341 e. The number of rotatable bonds is 4. The number of hydrogen-bond donors (Lipinski definition) is 0. The third kappa shape index (κ3) is 2.68. The molecular weight excluding hydrogens is 336 g/mol. The number of carbonyl (C=O) groups excluding carboxylic acids is 1. The second-order valence-corrected chi connectivity index (χ2v) is 7.52. The Labute approximate surface area is 149 Å². The predicted octanol–water partition coefficient (Wildman–Crippen LogP) is 2.26. The zero-order valence-electron chi connectivity index (χ0n) is 14.4. The smallest absolute Gasteiger partial charge is 0.330 e. The van der Waals surface area contributed by atoms with E-state index in [4.69, 9.17) is 0 Å². The first-order valence-electron chi connectivity index (χ1n) is 8.50. The van der Waals surface area contributed by atoms with Crippen LogP contribution in [0.15, 0.2) is 29.2 Å². The topological polar surface area (TPSA) is 60.1 Å². The molecule has 4 rings (SSSR count). The molecule has 6 nitrogen and oxygen atoms in total. The van der Waals surface area contributed by atoms with Crippen molar-refractivity contribution in [1.82, 2.24) is 19.0 Å². The molecule has 0 bridgehead atoms. The molecule has 7 heteroatoms. The van der Waals surface area contributed by atoms with Gasteiger partial charge in [0.2, 0.25) is 5.91 Å². The van der Waals surface area contributed by atoms with Crippen molar-refractivity contribution in [2.45, 2.75) is 26.3 Å². The first-order chi connectivity index (χ1) is 12.1. The maximum absolute atomic E-state index is 12.6. The number of thiophene rings is 1. The van der Waals surface area contributed by atoms with Gasteiger partial charge in [0.15, 0.2) is 5.65 Å². The molecule has 0 N–H and O–H groups in total. The van der Waals surface area contributed by atoms with E-state index in [1.807, 2.05) is 6.07 Å². The van der Waals surface area contributed by atoms with Gasteiger partial charge in [0.25, 0.3) is 0 Å². The molecular formula is C18H20N4O2S. The molecule has 3 aromatic heterocycles. The molecule has 3 aromatic rings. The van der Waals surface area contributed by atoms with Gasteiger partial charge in [-0.1, -0.05) is 6.92 Å². The molecule has 1 saturated heterocycles. The van der Waals surface area contributed by atoms with Crippen LogP contribution in [0.5, 0.6) is 0 Å². The lowest BCUT2D eigenvalue weighted by Crippen LogP contribution is -2.44. The average molecular weight is 356 g/mol. The van der Waals surface area contributed by atoms with Gasteiger partial charge in [0, 0.05) is 41.7 Å². The lowest BCUT2D eigenvalue weighted by Gasteiger charge is -2.30. The van der Waals surface area contributed by atoms with Crippen LogP contribution >= 0.6 is 11.3 Å². The van der Waals surface area contributed by atoms with E-state index >= 15 is 0 Å². The van der Waals surface area contributed by atoms with Crippen LogP contribution < -0.4 is 5.69 Å². The lowest BCUT2D eigenvalue weighted by molar-refractivity contribution is -0.135. The summed E-state index contributed by atoms with van der Waals surface area (Å²) in [5, 5.41) is 0. The number of fused-ring (bicyclic) bond motifs is 1. The highest BCUT2D eigenvalue weighted by molar-refractivity contribution is 7.15. The first kappa shape index (κ1) is 16.1. The molecule has 1 aliphatic heterocycles. The minimum absolute atomic E-state index is 0.00403. The number of hydrogen-bond acceptors (Lipinski definition) is 4. The molecule has 1 amide bonds. The van der Waals surface area contributed by atoms with Crippen LogP contribution in [-0.2, 0) is 24.8 Å². The zero-order chi connectivity index (χ0) is 17.6. The van der Waals surface area contributed by atoms with Gasteiger partial charge in [-0.3, -0.25) is 13.9 Å². The number of carbonyl (C=O) groups is 1. The summed E-state index contributed by atoms with van der Waals surface area (Å²) in [4.78, 5) is 33.6. The number of amides is 1. The van der Waals surface area contributed by atoms with Crippen LogP contribution in [0.1, 0.15) is 18.2 Å². The fourth-order valence-electron chi connectivity index (χ4n) is 3.09. The van der Waals surface area contributed by atoms with Gasteiger partial charge in [-0.05, 0) is 31.0 Å². The summed E-state index contributed by atoms with van der Waals surface area (Å²) in [5.41, 5.74) is 2.10. The summed E-state index contributed by atoms with van der Waals surface area (Å²) in [6.45, 7) is 3.78. The van der Waals surface area contributed by atoms with Crippen molar-refractivity contribution >= 4 is 28.4 Å². The van der Waals surface area contributed by atoms with Crippen LogP contribution in [0.2, 0.25) is 0 Å². The summed E-state index contributed by atoms with van der Waals surface area (Å²) in [5.74, 6) is -0.00403. The molecule has 0 aliphatic carbocycles. The van der Waals surface area contributed by atoms with Crippen LogP contribution in [0.25, 0.3) is 21.6 Å². The highest BCUT2D eigenvalue weighted by Gasteiger charge is 2.23. The first-order valence-corrected chi connectivity index (χ1v) is 9.32. The van der Waals surface area contributed by atoms with Crippen molar-refractivity contribution < 1.29 is 4.79 Å². The fourth-order valence-corrected chi connectivity index (χ4v) is 4.02. The van der Waals surface area contributed by atoms with E-state index in [1.54, 1.807) is 34.0 Å². The Morgan fingerprint density at radius 1 is 1.32 bits per heavy atom. The van der Waals surface area contributed by atoms with Gasteiger partial charge in [0.1, 0.15) is 6.54 Å². The van der Waals surface area contributed by atoms with Gasteiger partial charge in [-0.15, -0.1) is 11.3 Å². The Kier molecular flexibility index (Phi) is 3.95. The molecule has 0 atom stereocenters. The van der Waals surface area contributed by atoms with Crippen molar-refractivity contribution in [1.29, 1.82) is 0 Å². The van der Waals surface area contributed by atoms with Crippen molar-refractivity contribution in [3.8, 4) is 10.4 Å². The van der Waals surface area contributed by atoms with Crippen molar-refractivity contribution in [2.24, 2.45) is 7.05 Å². The molecule has 1 aliphatic rings. The molecule has 0 radical (unpaired) electrons. The Morgan fingerprint density at radius 2 is 2.12 bits per heavy atom. The maximum Gasteiger partial charge on any atom is 0.330 e. The molecule has 0 unspecified atom stereocenters. The van der Waals surface area contributed by atoms with Gasteiger partial charge < -0.3 is 4.90 Å². The third-order valence-corrected chi connectivity index (χ3v) is 6.05. The quantitative estimate of drug-likeness (QED) is 0.720. The standard InChI is InChI=1S/C18H20N4O2S/c1-3-13-5-6-15(25-13)12-9-14-17(19-10-12)20(2)18(24)22(14)11-16(23)21-7-4-8-21/h5-6,9-10H,3-4,7-8,11H2,1-2H3. The molecule has 0 saturated carbocycles. The second-order valence-electron chi connectivity index (χ2n) is 6.35. The fraction of sp³-hybridized carbons (Fsp3) is 0.389. The van der Waals surface area contributed by atoms with Crippen molar-refractivity contribution in [3.05, 3.63) is 39.8 Å². The van der Waals surface area contributed by atoms with Crippen LogP contribution in [0, 0.1) is 0 Å². The zero-order valence-corrected chi connectivity index (χ0v) is 15.2. The van der Waals surface area contributed by atoms with E-state index in [9.17, 15) is 9.59 Å². The molecule has 0 spiro atoms. The molecule has 130 valence electrons. The molecule has 1 fully saturated rings. The highest BCUT2D eigenvalue weighted by Crippen LogP contribution is 2.29. The Bertz CT molecular complexity index is 1010. The van der Waals surface area contributed by atoms with E-state index in [1.165, 1.54) is 9.44 Å². The predicted molar refractivity (Wildman–Crippen MR) is 98.9 cm³/mol. The number of pyridine rings is 1. The number of likely N-dealkylation sites (tertiary alicyclic amines) is 1. The van der Waals surface area contributed by atoms with Gasteiger partial charge in [-0.25, -0.2) is 9.78 Å². The van der Waals surface area contributed by atoms with Crippen LogP contribution in [0.3, 0.4) is 0 Å². The van der Waals surface area contributed by atoms with Crippen LogP contribution in [0.4, 0.5) is 0 Å². The molecule has 25 heavy (non-hydrogen) atoms. The highest BCUT2D eigenvalue weighted by atomic mass is 32.1. The third-order valence-electron chi connectivity index (χ3n) is 4.77. The summed E-state index contributed by atoms with van der Waals surface area (Å²) >= 11 is 1.73. The summed E-state index contributed by atoms with van der Waals surface area (Å²) in [6, 6.07) is 6.18. The minimum atomic E-state index is -0.200. The number of imidazole rings is 1. The van der Waals surface area contributed by atoms with E-state index < -0.39 is 0 Å². The van der Waals surface area contributed by atoms with Gasteiger partial charge >= 0.3 is 5.69 Å². The van der Waals surface area contributed by atoms with Crippen molar-refractivity contribution in [2.75, 3.05) is 13.1 Å². The maximum atomic E-state index is 12.6. The summed E-state index contributed by atoms with van der Waals surface area (Å²) in [6.07, 6.45) is 3.84. The lowest BCUT2D eigenvalue weighted by atomic mass is 10.2. The summed E-state index contributed by atoms with van der Waals surface area (Å²) < 4.78 is 3.05. The Hall–Kier alpha value is -2.41. The largest absolute Gasteiger partial charge is 0.341 e. The Balaban J connectivity index is 1.78. The SMILES string of the molecule is CCc1ccc(-c2cnc3c(c2)n(CC(=O)N2CCC2)c(=O)n3C)s1. The van der Waals surface area contributed by atoms with Crippen molar-refractivity contribution in [3.63, 3.8) is 0 Å². The second kappa shape index (κ2) is 6.15. The van der Waals surface area contributed by atoms with Gasteiger partial charge in [-0.2, -0.15) is 0 Å². The van der Waals surface area contributed by atoms with Crippen LogP contribution in [-0.4, -0.2) is 38.0 Å².